The van der Waals surface area contributed by atoms with Crippen molar-refractivity contribution >= 4 is 52.9 Å². The van der Waals surface area contributed by atoms with Gasteiger partial charge in [-0.05, 0) is 87.5 Å². The van der Waals surface area contributed by atoms with Gasteiger partial charge in [0.25, 0.3) is 10.9 Å². The second-order valence-corrected chi connectivity index (χ2v) is 17.4. The Hall–Kier alpha value is -3.96. The summed E-state index contributed by atoms with van der Waals surface area (Å²) in [6, 6.07) is 21.3. The second kappa shape index (κ2) is 15.4. The van der Waals surface area contributed by atoms with E-state index >= 15 is 0 Å². The van der Waals surface area contributed by atoms with Crippen LogP contribution in [0.3, 0.4) is 0 Å². The zero-order valence-electron chi connectivity index (χ0n) is 29.2. The molecule has 2 fully saturated rings. The van der Waals surface area contributed by atoms with E-state index in [4.69, 9.17) is 12.2 Å². The maximum absolute atomic E-state index is 13.4. The Labute approximate surface area is 310 Å². The van der Waals surface area contributed by atoms with Crippen LogP contribution in [0.1, 0.15) is 69.9 Å². The summed E-state index contributed by atoms with van der Waals surface area (Å²) < 4.78 is 80.5. The van der Waals surface area contributed by atoms with Crippen molar-refractivity contribution in [1.29, 1.82) is 0 Å². The number of alkyl halides is 6. The molecule has 0 spiro atoms. The molecule has 0 saturated heterocycles. The molecule has 53 heavy (non-hydrogen) atoms. The molecule has 4 N–H and O–H groups in total. The molecule has 0 bridgehead atoms. The highest BCUT2D eigenvalue weighted by Crippen LogP contribution is 2.60. The number of thiocarbonyl (C=S) groups is 1. The van der Waals surface area contributed by atoms with Gasteiger partial charge in [0.05, 0.1) is 11.1 Å². The number of nitrogens with one attached hydrogen (secondary N) is 4. The summed E-state index contributed by atoms with van der Waals surface area (Å²) in [5.41, 5.74) is -4.21. The molecule has 2 aliphatic rings. The van der Waals surface area contributed by atoms with Crippen molar-refractivity contribution in [3.63, 3.8) is 0 Å². The molecule has 0 amide bonds. The molecular weight excluding hydrogens is 733 g/mol. The summed E-state index contributed by atoms with van der Waals surface area (Å²) in [5, 5.41) is 14.5. The van der Waals surface area contributed by atoms with E-state index in [-0.39, 0.29) is 39.7 Å². The van der Waals surface area contributed by atoms with Gasteiger partial charge in [0, 0.05) is 29.0 Å². The lowest BCUT2D eigenvalue weighted by Gasteiger charge is -2.43. The van der Waals surface area contributed by atoms with E-state index in [9.17, 15) is 35.9 Å². The van der Waals surface area contributed by atoms with Crippen LogP contribution in [-0.2, 0) is 12.4 Å². The monoisotopic (exact) mass is 774 g/mol. The van der Waals surface area contributed by atoms with Crippen LogP contribution in [0.2, 0.25) is 0 Å². The third kappa shape index (κ3) is 8.41. The van der Waals surface area contributed by atoms with Crippen LogP contribution in [0.25, 0.3) is 0 Å². The van der Waals surface area contributed by atoms with Gasteiger partial charge in [-0.3, -0.25) is 9.59 Å². The Morgan fingerprint density at radius 3 is 1.85 bits per heavy atom. The molecule has 0 heterocycles. The lowest BCUT2D eigenvalue weighted by molar-refractivity contribution is -0.143. The maximum atomic E-state index is 13.4. The Balaban J connectivity index is 1.18. The Bertz CT molecular complexity index is 1910. The third-order valence-electron chi connectivity index (χ3n) is 10.7. The van der Waals surface area contributed by atoms with Crippen LogP contribution in [0.5, 0.6) is 0 Å². The first-order valence-corrected chi connectivity index (χ1v) is 19.4. The predicted molar refractivity (Wildman–Crippen MR) is 205 cm³/mol. The highest BCUT2D eigenvalue weighted by atomic mass is 32.1. The van der Waals surface area contributed by atoms with Crippen LogP contribution in [0, 0.1) is 5.92 Å². The lowest BCUT2D eigenvalue weighted by Crippen LogP contribution is -2.52. The maximum Gasteiger partial charge on any atom is 0.416 e. The van der Waals surface area contributed by atoms with Gasteiger partial charge < -0.3 is 21.3 Å². The van der Waals surface area contributed by atoms with Crippen LogP contribution >= 0.6 is 20.1 Å². The van der Waals surface area contributed by atoms with E-state index in [1.165, 1.54) is 10.6 Å². The standard InChI is InChI=1S/C39H41F6N4O2PS/c1-23(29-16-11-19-37(29,2)52(27-12-5-3-6-13-27)28-14-7-4-8-15-28)46-32-33(35(51)34(32)50)48-30-17-9-10-18-31(30)49-36(53)47-26-21-24(38(40,41)42)20-25(22-26)39(43,44)45/h3-8,12-15,20-23,29-31,46,48H,9-11,16-19H2,1-2H3,(H2,47,49,53)/t23-,29+,30+,31+,37?/m1/s1. The van der Waals surface area contributed by atoms with Gasteiger partial charge >= 0.3 is 12.4 Å². The fraction of sp³-hybridized carbons (Fsp3) is 0.410. The van der Waals surface area contributed by atoms with E-state index in [1.807, 2.05) is 12.1 Å². The van der Waals surface area contributed by atoms with Gasteiger partial charge in [-0.2, -0.15) is 26.3 Å². The summed E-state index contributed by atoms with van der Waals surface area (Å²) in [6.07, 6.45) is -4.27. The number of hydrogen-bond acceptors (Lipinski definition) is 5. The van der Waals surface area contributed by atoms with E-state index in [1.54, 1.807) is 0 Å². The number of benzene rings is 3. The topological polar surface area (TPSA) is 82.3 Å². The van der Waals surface area contributed by atoms with E-state index in [2.05, 4.69) is 83.6 Å². The molecule has 4 aromatic rings. The SMILES string of the molecule is C[C@@H](Nc1c(N[C@H]2CCCC[C@@H]2NC(=S)Nc2cc(C(F)(F)F)cc(C(F)(F)F)c2)c(=O)c1=O)[C@@H]1CCCC1(C)P(c1ccccc1)c1ccccc1. The van der Waals surface area contributed by atoms with E-state index in [0.717, 1.165) is 32.1 Å². The van der Waals surface area contributed by atoms with Gasteiger partial charge in [0.1, 0.15) is 11.4 Å². The van der Waals surface area contributed by atoms with E-state index in [0.29, 0.717) is 25.0 Å². The van der Waals surface area contributed by atoms with Crippen molar-refractivity contribution in [2.75, 3.05) is 16.0 Å². The van der Waals surface area contributed by atoms with Crippen LogP contribution in [-0.4, -0.2) is 28.4 Å². The quantitative estimate of drug-likeness (QED) is 0.0557. The zero-order chi connectivity index (χ0) is 38.1. The average molecular weight is 775 g/mol. The highest BCUT2D eigenvalue weighted by molar-refractivity contribution is 7.80. The second-order valence-electron chi connectivity index (χ2n) is 14.2. The first-order valence-electron chi connectivity index (χ1n) is 17.7. The molecule has 4 aromatic carbocycles. The lowest BCUT2D eigenvalue weighted by atomic mass is 9.89. The Morgan fingerprint density at radius 1 is 0.774 bits per heavy atom. The number of hydrogen-bond donors (Lipinski definition) is 4. The molecule has 0 radical (unpaired) electrons. The molecule has 14 heteroatoms. The largest absolute Gasteiger partial charge is 0.416 e. The number of anilines is 3. The van der Waals surface area contributed by atoms with Gasteiger partial charge in [-0.1, -0.05) is 86.8 Å². The van der Waals surface area contributed by atoms with E-state index < -0.39 is 60.0 Å². The average Bonchev–Trinajstić information content (AvgIpc) is 3.51. The number of rotatable bonds is 10. The fourth-order valence-electron chi connectivity index (χ4n) is 8.16. The van der Waals surface area contributed by atoms with Crippen molar-refractivity contribution < 1.29 is 26.3 Å². The molecule has 282 valence electrons. The summed E-state index contributed by atoms with van der Waals surface area (Å²) in [4.78, 5) is 26.0. The molecule has 1 unspecified atom stereocenters. The highest BCUT2D eigenvalue weighted by Gasteiger charge is 2.48. The Kier molecular flexibility index (Phi) is 11.3. The van der Waals surface area contributed by atoms with Crippen molar-refractivity contribution in [2.24, 2.45) is 5.92 Å². The van der Waals surface area contributed by atoms with Crippen LogP contribution in [0.4, 0.5) is 43.4 Å². The minimum absolute atomic E-state index is 0.0544. The van der Waals surface area contributed by atoms with Crippen LogP contribution in [0.15, 0.2) is 88.5 Å². The number of halogens is 6. The zero-order valence-corrected chi connectivity index (χ0v) is 30.9. The predicted octanol–water partition coefficient (Wildman–Crippen LogP) is 8.52. The molecule has 0 aliphatic heterocycles. The van der Waals surface area contributed by atoms with Gasteiger partial charge in [0.2, 0.25) is 0 Å². The molecule has 2 saturated carbocycles. The summed E-state index contributed by atoms with van der Waals surface area (Å²) in [6.45, 7) is 4.40. The first-order chi connectivity index (χ1) is 25.1. The molecule has 6 rings (SSSR count). The third-order valence-corrected chi connectivity index (χ3v) is 14.1. The normalized spacial score (nSPS) is 22.8. The van der Waals surface area contributed by atoms with Crippen molar-refractivity contribution in [3.8, 4) is 0 Å². The molecule has 5 atom stereocenters. The Morgan fingerprint density at radius 2 is 1.30 bits per heavy atom. The smallest absolute Gasteiger partial charge is 0.377 e. The summed E-state index contributed by atoms with van der Waals surface area (Å²) >= 11 is 5.34. The molecule has 0 aromatic heterocycles. The van der Waals surface area contributed by atoms with Crippen LogP contribution < -0.4 is 42.7 Å². The summed E-state index contributed by atoms with van der Waals surface area (Å²) in [5.74, 6) is 0.188. The van der Waals surface area contributed by atoms with Crippen molar-refractivity contribution in [3.05, 3.63) is 110 Å². The molecule has 6 nitrogen and oxygen atoms in total. The van der Waals surface area contributed by atoms with Gasteiger partial charge in [-0.25, -0.2) is 0 Å². The minimum atomic E-state index is -5.00. The molecular formula is C39H41F6N4O2PS. The van der Waals surface area contributed by atoms with Crippen molar-refractivity contribution in [2.45, 2.75) is 94.4 Å². The van der Waals surface area contributed by atoms with Crippen molar-refractivity contribution in [1.82, 2.24) is 5.32 Å². The fourth-order valence-corrected chi connectivity index (χ4v) is 11.9. The minimum Gasteiger partial charge on any atom is -0.377 e. The van der Waals surface area contributed by atoms with Gasteiger partial charge in [-0.15, -0.1) is 0 Å². The molecule has 2 aliphatic carbocycles. The first kappa shape index (κ1) is 38.8. The summed E-state index contributed by atoms with van der Waals surface area (Å²) in [7, 11) is -0.772. The van der Waals surface area contributed by atoms with Gasteiger partial charge in [0.15, 0.2) is 5.11 Å².